The number of rotatable bonds is 8. The van der Waals surface area contributed by atoms with Crippen molar-refractivity contribution in [2.75, 3.05) is 7.11 Å². The predicted octanol–water partition coefficient (Wildman–Crippen LogP) is 3.29. The van der Waals surface area contributed by atoms with Crippen LogP contribution in [0.1, 0.15) is 43.1 Å². The van der Waals surface area contributed by atoms with Crippen LogP contribution in [-0.4, -0.2) is 30.8 Å². The molecule has 0 N–H and O–H groups in total. The van der Waals surface area contributed by atoms with Crippen LogP contribution < -0.4 is 18.9 Å². The van der Waals surface area contributed by atoms with Crippen LogP contribution in [0.2, 0.25) is 0 Å². The average Bonchev–Trinajstić information content (AvgIpc) is 2.65. The van der Waals surface area contributed by atoms with Crippen LogP contribution in [0.3, 0.4) is 0 Å². The van der Waals surface area contributed by atoms with Crippen molar-refractivity contribution >= 4 is 23.7 Å². The summed E-state index contributed by atoms with van der Waals surface area (Å²) in [6, 6.07) is 9.68. The van der Waals surface area contributed by atoms with Gasteiger partial charge >= 0.3 is 17.9 Å². The summed E-state index contributed by atoms with van der Waals surface area (Å²) in [6.45, 7) is 3.51. The lowest BCUT2D eigenvalue weighted by molar-refractivity contribution is -0.132. The third-order valence-corrected chi connectivity index (χ3v) is 3.89. The number of carbonyl (C=O) groups excluding carboxylic acids is 4. The molecule has 0 saturated carbocycles. The van der Waals surface area contributed by atoms with Crippen LogP contribution in [0.15, 0.2) is 36.4 Å². The van der Waals surface area contributed by atoms with Gasteiger partial charge in [0.2, 0.25) is 0 Å². The van der Waals surface area contributed by atoms with Gasteiger partial charge in [0.05, 0.1) is 7.11 Å². The molecule has 8 heteroatoms. The topological polar surface area (TPSA) is 105 Å². The lowest BCUT2D eigenvalue weighted by Gasteiger charge is -2.15. The number of hydrogen-bond acceptors (Lipinski definition) is 8. The van der Waals surface area contributed by atoms with Crippen LogP contribution in [0, 0.1) is 0 Å². The molecule has 0 spiro atoms. The van der Waals surface area contributed by atoms with Crippen molar-refractivity contribution in [3.05, 3.63) is 47.5 Å². The SMILES string of the molecule is COc1ccc(CCC(=O)c2c(OC(C)=O)cc(OC(C)=O)cc2OC(C)=O)cc1. The minimum absolute atomic E-state index is 0.0262. The molecule has 158 valence electrons. The number of hydrogen-bond donors (Lipinski definition) is 0. The number of esters is 3. The summed E-state index contributed by atoms with van der Waals surface area (Å²) < 4.78 is 20.4. The van der Waals surface area contributed by atoms with E-state index >= 15 is 0 Å². The molecule has 0 unspecified atom stereocenters. The molecule has 0 radical (unpaired) electrons. The zero-order chi connectivity index (χ0) is 22.3. The number of methoxy groups -OCH3 is 1. The third kappa shape index (κ3) is 6.44. The summed E-state index contributed by atoms with van der Waals surface area (Å²) in [4.78, 5) is 47.3. The second-order valence-electron chi connectivity index (χ2n) is 6.35. The minimum Gasteiger partial charge on any atom is -0.497 e. The number of ketones is 1. The lowest BCUT2D eigenvalue weighted by atomic mass is 10.0. The monoisotopic (exact) mass is 414 g/mol. The van der Waals surface area contributed by atoms with Crippen molar-refractivity contribution in [1.29, 1.82) is 0 Å². The van der Waals surface area contributed by atoms with Crippen LogP contribution >= 0.6 is 0 Å². The molecule has 0 atom stereocenters. The average molecular weight is 414 g/mol. The molecule has 0 saturated heterocycles. The first-order valence-corrected chi connectivity index (χ1v) is 9.09. The van der Waals surface area contributed by atoms with E-state index in [-0.39, 0.29) is 29.2 Å². The van der Waals surface area contributed by atoms with Gasteiger partial charge in [0.25, 0.3) is 0 Å². The number of Topliss-reactive ketones (excluding diaryl/α,β-unsaturated/α-hetero) is 1. The van der Waals surface area contributed by atoms with Gasteiger partial charge in [-0.05, 0) is 24.1 Å². The molecular formula is C22H22O8. The van der Waals surface area contributed by atoms with Gasteiger partial charge in [-0.15, -0.1) is 0 Å². The molecule has 2 aromatic rings. The second kappa shape index (κ2) is 10.2. The molecule has 30 heavy (non-hydrogen) atoms. The molecule has 0 bridgehead atoms. The van der Waals surface area contributed by atoms with E-state index in [2.05, 4.69) is 0 Å². The van der Waals surface area contributed by atoms with Crippen molar-refractivity contribution < 1.29 is 38.1 Å². The summed E-state index contributed by atoms with van der Waals surface area (Å²) in [7, 11) is 1.56. The maximum atomic E-state index is 13.0. The van der Waals surface area contributed by atoms with Crippen molar-refractivity contribution in [3.63, 3.8) is 0 Å². The van der Waals surface area contributed by atoms with E-state index in [1.54, 1.807) is 19.2 Å². The lowest BCUT2D eigenvalue weighted by Crippen LogP contribution is -2.13. The number of aryl methyl sites for hydroxylation is 1. The van der Waals surface area contributed by atoms with Gasteiger partial charge in [-0.3, -0.25) is 19.2 Å². The summed E-state index contributed by atoms with van der Waals surface area (Å²) in [5.41, 5.74) is 0.813. The van der Waals surface area contributed by atoms with E-state index in [0.29, 0.717) is 12.2 Å². The van der Waals surface area contributed by atoms with E-state index in [4.69, 9.17) is 18.9 Å². The molecule has 0 heterocycles. The molecule has 0 aliphatic rings. The Morgan fingerprint density at radius 2 is 1.23 bits per heavy atom. The first-order chi connectivity index (χ1) is 14.2. The molecule has 0 aliphatic heterocycles. The highest BCUT2D eigenvalue weighted by Gasteiger charge is 2.23. The Balaban J connectivity index is 2.39. The van der Waals surface area contributed by atoms with Gasteiger partial charge in [-0.2, -0.15) is 0 Å². The molecule has 0 aliphatic carbocycles. The standard InChI is InChI=1S/C22H22O8/c1-13(23)28-18-11-20(29-14(2)24)22(21(12-18)30-15(3)25)19(26)10-7-16-5-8-17(27-4)9-6-16/h5-6,8-9,11-12H,7,10H2,1-4H3. The van der Waals surface area contributed by atoms with Gasteiger partial charge in [0.15, 0.2) is 5.78 Å². The zero-order valence-electron chi connectivity index (χ0n) is 17.1. The highest BCUT2D eigenvalue weighted by molar-refractivity contribution is 6.03. The van der Waals surface area contributed by atoms with Crippen molar-refractivity contribution in [2.45, 2.75) is 33.6 Å². The van der Waals surface area contributed by atoms with E-state index < -0.39 is 23.7 Å². The van der Waals surface area contributed by atoms with Crippen molar-refractivity contribution in [1.82, 2.24) is 0 Å². The summed E-state index contributed by atoms with van der Waals surface area (Å²) in [6.07, 6.45) is 0.454. The highest BCUT2D eigenvalue weighted by Crippen LogP contribution is 2.36. The van der Waals surface area contributed by atoms with Crippen LogP contribution in [0.5, 0.6) is 23.0 Å². The van der Waals surface area contributed by atoms with E-state index in [0.717, 1.165) is 19.4 Å². The predicted molar refractivity (Wildman–Crippen MR) is 106 cm³/mol. The first-order valence-electron chi connectivity index (χ1n) is 9.09. The zero-order valence-corrected chi connectivity index (χ0v) is 17.1. The van der Waals surface area contributed by atoms with Gasteiger partial charge in [0, 0.05) is 39.3 Å². The molecule has 0 aromatic heterocycles. The first kappa shape index (κ1) is 22.6. The smallest absolute Gasteiger partial charge is 0.308 e. The van der Waals surface area contributed by atoms with Gasteiger partial charge < -0.3 is 18.9 Å². The van der Waals surface area contributed by atoms with Crippen molar-refractivity contribution in [3.8, 4) is 23.0 Å². The summed E-state index contributed by atoms with van der Waals surface area (Å²) in [5, 5.41) is 0. The van der Waals surface area contributed by atoms with E-state index in [9.17, 15) is 19.2 Å². The maximum Gasteiger partial charge on any atom is 0.308 e. The van der Waals surface area contributed by atoms with E-state index in [1.807, 2.05) is 12.1 Å². The maximum absolute atomic E-state index is 13.0. The summed E-state index contributed by atoms with van der Waals surface area (Å²) in [5.74, 6) is -2.05. The molecular weight excluding hydrogens is 392 g/mol. The number of carbonyl (C=O) groups is 4. The van der Waals surface area contributed by atoms with Gasteiger partial charge in [0.1, 0.15) is 28.6 Å². The Hall–Kier alpha value is -3.68. The Kier molecular flexibility index (Phi) is 7.69. The fourth-order valence-corrected chi connectivity index (χ4v) is 2.71. The minimum atomic E-state index is -0.687. The fourth-order valence-electron chi connectivity index (χ4n) is 2.71. The number of ether oxygens (including phenoxy) is 4. The Bertz CT molecular complexity index is 923. The molecule has 2 aromatic carbocycles. The normalized spacial score (nSPS) is 10.1. The highest BCUT2D eigenvalue weighted by atomic mass is 16.6. The Morgan fingerprint density at radius 1 is 0.733 bits per heavy atom. The third-order valence-electron chi connectivity index (χ3n) is 3.89. The molecule has 2 rings (SSSR count). The molecule has 8 nitrogen and oxygen atoms in total. The Morgan fingerprint density at radius 3 is 1.67 bits per heavy atom. The second-order valence-corrected chi connectivity index (χ2v) is 6.35. The summed E-state index contributed by atoms with van der Waals surface area (Å²) >= 11 is 0. The van der Waals surface area contributed by atoms with E-state index in [1.165, 1.54) is 19.1 Å². The molecule has 0 fully saturated rings. The van der Waals surface area contributed by atoms with Crippen molar-refractivity contribution in [2.24, 2.45) is 0 Å². The van der Waals surface area contributed by atoms with Crippen LogP contribution in [-0.2, 0) is 20.8 Å². The van der Waals surface area contributed by atoms with Crippen LogP contribution in [0.4, 0.5) is 0 Å². The largest absolute Gasteiger partial charge is 0.497 e. The molecule has 0 amide bonds. The number of benzene rings is 2. The quantitative estimate of drug-likeness (QED) is 0.368. The van der Waals surface area contributed by atoms with Gasteiger partial charge in [-0.25, -0.2) is 0 Å². The van der Waals surface area contributed by atoms with Crippen LogP contribution in [0.25, 0.3) is 0 Å². The Labute approximate surface area is 173 Å². The van der Waals surface area contributed by atoms with Gasteiger partial charge in [-0.1, -0.05) is 12.1 Å². The fraction of sp³-hybridized carbons (Fsp3) is 0.273.